The number of amidine groups is 1. The van der Waals surface area contributed by atoms with Crippen LogP contribution < -0.4 is 21.6 Å². The van der Waals surface area contributed by atoms with E-state index >= 15 is 0 Å². The van der Waals surface area contributed by atoms with Gasteiger partial charge in [-0.3, -0.25) is 10.2 Å². The molecule has 0 bridgehead atoms. The number of primary amides is 1. The fourth-order valence-corrected chi connectivity index (χ4v) is 3.42. The molecule has 1 amide bonds. The Morgan fingerprint density at radius 1 is 1.41 bits per heavy atom. The number of nitrogens with two attached hydrogens (primary N) is 2. The van der Waals surface area contributed by atoms with Crippen LogP contribution >= 0.6 is 15.9 Å². The lowest BCUT2D eigenvalue weighted by Crippen LogP contribution is -2.22. The number of ether oxygens (including phenoxy) is 1. The molecular weight excluding hydrogens is 412 g/mol. The van der Waals surface area contributed by atoms with Crippen molar-refractivity contribution >= 4 is 33.4 Å². The van der Waals surface area contributed by atoms with Crippen molar-refractivity contribution in [3.63, 3.8) is 0 Å². The van der Waals surface area contributed by atoms with Crippen LogP contribution in [0.2, 0.25) is 0 Å². The average molecular weight is 431 g/mol. The molecule has 0 radical (unpaired) electrons. The van der Waals surface area contributed by atoms with Crippen molar-refractivity contribution < 1.29 is 9.53 Å². The van der Waals surface area contributed by atoms with E-state index in [-0.39, 0.29) is 5.69 Å². The zero-order valence-electron chi connectivity index (χ0n) is 14.5. The highest BCUT2D eigenvalue weighted by Gasteiger charge is 2.28. The number of hydrogen-bond acceptors (Lipinski definition) is 5. The number of carbonyl (C=O) groups excluding carboxylic acids is 1. The predicted molar refractivity (Wildman–Crippen MR) is 106 cm³/mol. The van der Waals surface area contributed by atoms with Gasteiger partial charge in [-0.15, -0.1) is 0 Å². The summed E-state index contributed by atoms with van der Waals surface area (Å²) in [4.78, 5) is 16.5. The molecule has 1 saturated carbocycles. The summed E-state index contributed by atoms with van der Waals surface area (Å²) in [5.41, 5.74) is 16.2. The van der Waals surface area contributed by atoms with E-state index in [1.165, 1.54) is 0 Å². The fourth-order valence-electron chi connectivity index (χ4n) is 3.06. The number of halogens is 1. The van der Waals surface area contributed by atoms with E-state index in [2.05, 4.69) is 38.0 Å². The van der Waals surface area contributed by atoms with E-state index in [1.807, 2.05) is 22.8 Å². The molecule has 9 heteroatoms. The van der Waals surface area contributed by atoms with Crippen LogP contribution in [0.3, 0.4) is 0 Å². The Morgan fingerprint density at radius 2 is 2.19 bits per heavy atom. The standard InChI is InChI=1S/C18H19BrN6O2/c1-9(23-24-16(20)10-2-3-10)15-14(17(21)26)22-18-12-8-11(19)4-5-13(12)27-7-6-25(15)18/h4-5,8,10,23H,1-3,6-7H2,(H2,20,24)(H2,21,26). The second kappa shape index (κ2) is 6.73. The molecule has 1 aromatic heterocycles. The number of fused-ring (bicyclic) bond motifs is 3. The Morgan fingerprint density at radius 3 is 2.89 bits per heavy atom. The minimum absolute atomic E-state index is 0.135. The minimum Gasteiger partial charge on any atom is -0.491 e. The van der Waals surface area contributed by atoms with E-state index in [1.54, 1.807) is 0 Å². The molecule has 1 fully saturated rings. The molecule has 0 atom stereocenters. The Balaban J connectivity index is 1.79. The molecule has 5 N–H and O–H groups in total. The number of amides is 1. The first-order valence-electron chi connectivity index (χ1n) is 8.57. The van der Waals surface area contributed by atoms with Gasteiger partial charge >= 0.3 is 0 Å². The first kappa shape index (κ1) is 17.6. The minimum atomic E-state index is -0.634. The number of nitrogens with zero attached hydrogens (tertiary/aromatic N) is 3. The van der Waals surface area contributed by atoms with Gasteiger partial charge in [0.1, 0.15) is 24.0 Å². The molecule has 1 aliphatic carbocycles. The predicted octanol–water partition coefficient (Wildman–Crippen LogP) is 2.05. The summed E-state index contributed by atoms with van der Waals surface area (Å²) in [5.74, 6) is 1.50. The first-order chi connectivity index (χ1) is 13.0. The maximum absolute atomic E-state index is 12.0. The van der Waals surface area contributed by atoms with Crippen LogP contribution in [0.4, 0.5) is 0 Å². The molecule has 0 unspecified atom stereocenters. The van der Waals surface area contributed by atoms with Crippen molar-refractivity contribution in [3.8, 4) is 17.1 Å². The third-order valence-electron chi connectivity index (χ3n) is 4.56. The summed E-state index contributed by atoms with van der Waals surface area (Å²) in [5, 5.41) is 4.19. The van der Waals surface area contributed by atoms with E-state index in [0.29, 0.717) is 47.9 Å². The van der Waals surface area contributed by atoms with Crippen LogP contribution in [0.1, 0.15) is 29.0 Å². The van der Waals surface area contributed by atoms with Crippen LogP contribution in [0, 0.1) is 5.92 Å². The number of nitrogens with one attached hydrogen (secondary N) is 1. The van der Waals surface area contributed by atoms with Gasteiger partial charge in [0.15, 0.2) is 5.69 Å². The molecule has 1 aromatic carbocycles. The number of aromatic nitrogens is 2. The smallest absolute Gasteiger partial charge is 0.269 e. The quantitative estimate of drug-likeness (QED) is 0.380. The van der Waals surface area contributed by atoms with E-state index in [4.69, 9.17) is 16.2 Å². The van der Waals surface area contributed by atoms with Gasteiger partial charge in [-0.1, -0.05) is 22.5 Å². The number of benzene rings is 1. The Hall–Kier alpha value is -2.81. The summed E-state index contributed by atoms with van der Waals surface area (Å²) >= 11 is 3.47. The van der Waals surface area contributed by atoms with Gasteiger partial charge in [-0.05, 0) is 31.0 Å². The van der Waals surface area contributed by atoms with Crippen molar-refractivity contribution in [2.24, 2.45) is 22.5 Å². The number of hydrazone groups is 1. The summed E-state index contributed by atoms with van der Waals surface area (Å²) < 4.78 is 8.57. The third kappa shape index (κ3) is 3.30. The van der Waals surface area contributed by atoms with E-state index < -0.39 is 5.91 Å². The average Bonchev–Trinajstić information content (AvgIpc) is 3.43. The molecular formula is C18H19BrN6O2. The molecule has 1 aliphatic heterocycles. The number of rotatable bonds is 5. The molecule has 2 aromatic rings. The molecule has 8 nitrogen and oxygen atoms in total. The summed E-state index contributed by atoms with van der Waals surface area (Å²) in [6.45, 7) is 4.92. The number of carbonyl (C=O) groups is 1. The van der Waals surface area contributed by atoms with Crippen LogP contribution in [-0.2, 0) is 6.54 Å². The van der Waals surface area contributed by atoms with Crippen molar-refractivity contribution in [1.82, 2.24) is 15.0 Å². The Labute approximate surface area is 164 Å². The maximum atomic E-state index is 12.0. The molecule has 27 heavy (non-hydrogen) atoms. The zero-order chi connectivity index (χ0) is 19.1. The largest absolute Gasteiger partial charge is 0.491 e. The Kier molecular flexibility index (Phi) is 4.39. The van der Waals surface area contributed by atoms with Crippen molar-refractivity contribution in [2.45, 2.75) is 19.4 Å². The second-order valence-corrected chi connectivity index (χ2v) is 7.45. The van der Waals surface area contributed by atoms with E-state index in [0.717, 1.165) is 22.9 Å². The van der Waals surface area contributed by atoms with Gasteiger partial charge in [0, 0.05) is 10.4 Å². The van der Waals surface area contributed by atoms with Crippen LogP contribution in [0.5, 0.6) is 5.75 Å². The van der Waals surface area contributed by atoms with Gasteiger partial charge in [0.2, 0.25) is 0 Å². The van der Waals surface area contributed by atoms with Crippen molar-refractivity contribution in [2.75, 3.05) is 6.61 Å². The van der Waals surface area contributed by atoms with Crippen LogP contribution in [0.15, 0.2) is 34.4 Å². The van der Waals surface area contributed by atoms with Gasteiger partial charge in [0.25, 0.3) is 5.91 Å². The summed E-state index contributed by atoms with van der Waals surface area (Å²) in [6, 6.07) is 5.65. The molecule has 4 rings (SSSR count). The maximum Gasteiger partial charge on any atom is 0.269 e. The summed E-state index contributed by atoms with van der Waals surface area (Å²) in [7, 11) is 0. The Bertz CT molecular complexity index is 976. The lowest BCUT2D eigenvalue weighted by molar-refractivity contribution is 0.0995. The topological polar surface area (TPSA) is 121 Å². The molecule has 0 saturated heterocycles. The molecule has 140 valence electrons. The van der Waals surface area contributed by atoms with Crippen molar-refractivity contribution in [1.29, 1.82) is 0 Å². The monoisotopic (exact) mass is 430 g/mol. The highest BCUT2D eigenvalue weighted by atomic mass is 79.9. The molecule has 2 aliphatic rings. The SMILES string of the molecule is C=C(N/N=C(\N)C1CC1)c1c(C(N)=O)nc2n1CCOc1ccc(Br)cc1-2. The third-order valence-corrected chi connectivity index (χ3v) is 5.05. The first-order valence-corrected chi connectivity index (χ1v) is 9.36. The normalized spacial score (nSPS) is 16.0. The highest BCUT2D eigenvalue weighted by molar-refractivity contribution is 9.10. The summed E-state index contributed by atoms with van der Waals surface area (Å²) in [6.07, 6.45) is 2.09. The fraction of sp³-hybridized carbons (Fsp3) is 0.278. The highest BCUT2D eigenvalue weighted by Crippen LogP contribution is 2.36. The number of hydrogen-bond donors (Lipinski definition) is 3. The van der Waals surface area contributed by atoms with Crippen molar-refractivity contribution in [3.05, 3.63) is 40.6 Å². The second-order valence-electron chi connectivity index (χ2n) is 6.54. The van der Waals surface area contributed by atoms with Gasteiger partial charge in [-0.2, -0.15) is 5.10 Å². The number of imidazole rings is 1. The van der Waals surface area contributed by atoms with Crippen LogP contribution in [-0.4, -0.2) is 27.9 Å². The lowest BCUT2D eigenvalue weighted by Gasteiger charge is -2.12. The lowest BCUT2D eigenvalue weighted by atomic mass is 10.2. The van der Waals surface area contributed by atoms with Crippen LogP contribution in [0.25, 0.3) is 17.1 Å². The zero-order valence-corrected chi connectivity index (χ0v) is 16.1. The molecule has 0 spiro atoms. The van der Waals surface area contributed by atoms with Gasteiger partial charge in [0.05, 0.1) is 23.5 Å². The van der Waals surface area contributed by atoms with Gasteiger partial charge < -0.3 is 20.8 Å². The van der Waals surface area contributed by atoms with E-state index in [9.17, 15) is 4.79 Å². The van der Waals surface area contributed by atoms with Gasteiger partial charge in [-0.25, -0.2) is 4.98 Å². The molecule has 2 heterocycles.